The van der Waals surface area contributed by atoms with Gasteiger partial charge in [-0.1, -0.05) is 11.6 Å². The van der Waals surface area contributed by atoms with Crippen LogP contribution < -0.4 is 5.32 Å². The number of hydrogen-bond acceptors (Lipinski definition) is 3. The summed E-state index contributed by atoms with van der Waals surface area (Å²) >= 11 is 7.41. The van der Waals surface area contributed by atoms with Crippen molar-refractivity contribution < 1.29 is 9.59 Å². The second-order valence-electron chi connectivity index (χ2n) is 6.27. The van der Waals surface area contributed by atoms with Crippen LogP contribution >= 0.6 is 22.9 Å². The van der Waals surface area contributed by atoms with Gasteiger partial charge in [0.15, 0.2) is 0 Å². The van der Waals surface area contributed by atoms with E-state index in [4.69, 9.17) is 11.6 Å². The number of rotatable bonds is 4. The van der Waals surface area contributed by atoms with E-state index in [1.165, 1.54) is 11.3 Å². The summed E-state index contributed by atoms with van der Waals surface area (Å²) in [5.41, 5.74) is 0. The van der Waals surface area contributed by atoms with Crippen molar-refractivity contribution in [3.05, 3.63) is 21.3 Å². The van der Waals surface area contributed by atoms with Crippen LogP contribution in [-0.4, -0.2) is 35.8 Å². The molecule has 3 rings (SSSR count). The Morgan fingerprint density at radius 2 is 2.14 bits per heavy atom. The molecule has 1 N–H and O–H groups in total. The predicted octanol–water partition coefficient (Wildman–Crippen LogP) is 3.02. The van der Waals surface area contributed by atoms with E-state index in [1.807, 2.05) is 24.0 Å². The number of hydrogen-bond donors (Lipinski definition) is 1. The number of carbonyl (C=O) groups excluding carboxylic acids is 2. The van der Waals surface area contributed by atoms with Crippen molar-refractivity contribution in [1.29, 1.82) is 0 Å². The number of nitrogens with one attached hydrogen (secondary N) is 1. The molecule has 1 aliphatic carbocycles. The molecule has 1 aromatic heterocycles. The second-order valence-corrected chi connectivity index (χ2v) is 8.02. The number of amides is 2. The number of nitrogens with zero attached hydrogens (tertiary/aromatic N) is 1. The molecule has 120 valence electrons. The summed E-state index contributed by atoms with van der Waals surface area (Å²) in [5.74, 6) is -0.0329. The normalized spacial score (nSPS) is 23.2. The van der Waals surface area contributed by atoms with Gasteiger partial charge in [0.25, 0.3) is 0 Å². The molecular weight excluding hydrogens is 320 g/mol. The maximum Gasteiger partial charge on any atom is 0.230 e. The fourth-order valence-corrected chi connectivity index (χ4v) is 4.00. The maximum atomic E-state index is 12.7. The first kappa shape index (κ1) is 15.8. The van der Waals surface area contributed by atoms with E-state index >= 15 is 0 Å². The van der Waals surface area contributed by atoms with E-state index in [9.17, 15) is 9.59 Å². The molecule has 22 heavy (non-hydrogen) atoms. The molecule has 1 saturated carbocycles. The number of halogens is 1. The lowest BCUT2D eigenvalue weighted by Crippen LogP contribution is -2.46. The van der Waals surface area contributed by atoms with Gasteiger partial charge in [0, 0.05) is 24.0 Å². The zero-order valence-corrected chi connectivity index (χ0v) is 14.3. The molecule has 2 aliphatic rings. The average molecular weight is 341 g/mol. The number of piperidine rings is 1. The van der Waals surface area contributed by atoms with Gasteiger partial charge in [0.1, 0.15) is 0 Å². The van der Waals surface area contributed by atoms with Crippen molar-refractivity contribution in [2.75, 3.05) is 13.1 Å². The fraction of sp³-hybridized carbons (Fsp3) is 0.625. The van der Waals surface area contributed by atoms with Gasteiger partial charge in [-0.15, -0.1) is 11.3 Å². The third kappa shape index (κ3) is 3.63. The van der Waals surface area contributed by atoms with Crippen LogP contribution in [0, 0.1) is 5.92 Å². The van der Waals surface area contributed by atoms with Gasteiger partial charge in [-0.3, -0.25) is 9.59 Å². The van der Waals surface area contributed by atoms with Gasteiger partial charge in [-0.2, -0.15) is 0 Å². The molecule has 1 saturated heterocycles. The Morgan fingerprint density at radius 1 is 1.36 bits per heavy atom. The molecule has 2 fully saturated rings. The van der Waals surface area contributed by atoms with Crippen LogP contribution in [0.1, 0.15) is 43.4 Å². The van der Waals surface area contributed by atoms with E-state index in [1.54, 1.807) is 0 Å². The quantitative estimate of drug-likeness (QED) is 0.916. The lowest BCUT2D eigenvalue weighted by molar-refractivity contribution is -0.136. The average Bonchev–Trinajstić information content (AvgIpc) is 3.24. The summed E-state index contributed by atoms with van der Waals surface area (Å²) in [6, 6.07) is 4.12. The summed E-state index contributed by atoms with van der Waals surface area (Å²) < 4.78 is 0.704. The zero-order chi connectivity index (χ0) is 15.7. The van der Waals surface area contributed by atoms with Crippen LogP contribution in [0.2, 0.25) is 4.34 Å². The highest BCUT2D eigenvalue weighted by atomic mass is 35.5. The third-order valence-electron chi connectivity index (χ3n) is 4.42. The molecular formula is C16H21ClN2O2S. The lowest BCUT2D eigenvalue weighted by Gasteiger charge is -2.33. The van der Waals surface area contributed by atoms with E-state index in [-0.39, 0.29) is 23.7 Å². The van der Waals surface area contributed by atoms with Gasteiger partial charge >= 0.3 is 0 Å². The van der Waals surface area contributed by atoms with Gasteiger partial charge in [-0.05, 0) is 44.7 Å². The zero-order valence-electron chi connectivity index (χ0n) is 12.7. The Kier molecular flexibility index (Phi) is 4.73. The van der Waals surface area contributed by atoms with Crippen LogP contribution in [0.15, 0.2) is 12.1 Å². The van der Waals surface area contributed by atoms with Gasteiger partial charge in [-0.25, -0.2) is 0 Å². The smallest absolute Gasteiger partial charge is 0.230 e. The molecule has 6 heteroatoms. The highest BCUT2D eigenvalue weighted by Crippen LogP contribution is 2.30. The Balaban J connectivity index is 1.60. The van der Waals surface area contributed by atoms with Crippen LogP contribution in [-0.2, 0) is 9.59 Å². The molecule has 0 aromatic carbocycles. The lowest BCUT2D eigenvalue weighted by atomic mass is 9.95. The van der Waals surface area contributed by atoms with Crippen LogP contribution in [0.3, 0.4) is 0 Å². The summed E-state index contributed by atoms with van der Waals surface area (Å²) in [4.78, 5) is 27.7. The van der Waals surface area contributed by atoms with Gasteiger partial charge in [0.2, 0.25) is 11.8 Å². The minimum Gasteiger partial charge on any atom is -0.353 e. The second kappa shape index (κ2) is 6.59. The highest BCUT2D eigenvalue weighted by Gasteiger charge is 2.33. The predicted molar refractivity (Wildman–Crippen MR) is 88.2 cm³/mol. The molecule has 0 bridgehead atoms. The molecule has 2 atom stereocenters. The summed E-state index contributed by atoms with van der Waals surface area (Å²) in [7, 11) is 0. The molecule has 0 radical (unpaired) electrons. The van der Waals surface area contributed by atoms with Crippen molar-refractivity contribution in [3.8, 4) is 0 Å². The summed E-state index contributed by atoms with van der Waals surface area (Å²) in [6.45, 7) is 3.20. The molecule has 2 heterocycles. The van der Waals surface area contributed by atoms with E-state index < -0.39 is 0 Å². The molecule has 0 spiro atoms. The van der Waals surface area contributed by atoms with E-state index in [0.29, 0.717) is 16.9 Å². The Bertz CT molecular complexity index is 570. The van der Waals surface area contributed by atoms with E-state index in [0.717, 1.165) is 37.1 Å². The van der Waals surface area contributed by atoms with Crippen LogP contribution in [0.4, 0.5) is 0 Å². The first-order chi connectivity index (χ1) is 10.5. The largest absolute Gasteiger partial charge is 0.353 e. The van der Waals surface area contributed by atoms with Crippen LogP contribution in [0.25, 0.3) is 0 Å². The molecule has 1 aliphatic heterocycles. The maximum absolute atomic E-state index is 12.7. The Morgan fingerprint density at radius 3 is 2.77 bits per heavy atom. The summed E-state index contributed by atoms with van der Waals surface area (Å²) in [5, 5.41) is 3.06. The summed E-state index contributed by atoms with van der Waals surface area (Å²) in [6.07, 6.45) is 3.96. The third-order valence-corrected chi connectivity index (χ3v) is 5.83. The standard InChI is InChI=1S/C16H21ClN2O2S/c1-10(13-6-7-14(17)22-13)16(21)19-8-2-3-11(9-19)15(20)18-12-4-5-12/h6-7,10-12H,2-5,8-9H2,1H3,(H,18,20)/t10-,11+/m1/s1. The number of thiophene rings is 1. The van der Waals surface area contributed by atoms with Crippen molar-refractivity contribution >= 4 is 34.8 Å². The minimum absolute atomic E-state index is 0.0579. The number of carbonyl (C=O) groups is 2. The van der Waals surface area contributed by atoms with Gasteiger partial charge < -0.3 is 10.2 Å². The van der Waals surface area contributed by atoms with Crippen molar-refractivity contribution in [2.24, 2.45) is 5.92 Å². The number of likely N-dealkylation sites (tertiary alicyclic amines) is 1. The van der Waals surface area contributed by atoms with E-state index in [2.05, 4.69) is 5.32 Å². The van der Waals surface area contributed by atoms with Crippen molar-refractivity contribution in [1.82, 2.24) is 10.2 Å². The highest BCUT2D eigenvalue weighted by molar-refractivity contribution is 7.16. The van der Waals surface area contributed by atoms with Crippen LogP contribution in [0.5, 0.6) is 0 Å². The molecule has 1 aromatic rings. The van der Waals surface area contributed by atoms with Gasteiger partial charge in [0.05, 0.1) is 16.2 Å². The van der Waals surface area contributed by atoms with Crippen molar-refractivity contribution in [3.63, 3.8) is 0 Å². The first-order valence-corrected chi connectivity index (χ1v) is 9.08. The Hall–Kier alpha value is -1.07. The van der Waals surface area contributed by atoms with Crippen molar-refractivity contribution in [2.45, 2.75) is 44.6 Å². The fourth-order valence-electron chi connectivity index (χ4n) is 2.89. The molecule has 4 nitrogen and oxygen atoms in total. The molecule has 0 unspecified atom stereocenters. The molecule has 2 amide bonds. The Labute approximate surface area is 139 Å². The minimum atomic E-state index is -0.192. The first-order valence-electron chi connectivity index (χ1n) is 7.89. The topological polar surface area (TPSA) is 49.4 Å². The monoisotopic (exact) mass is 340 g/mol. The SMILES string of the molecule is C[C@@H](C(=O)N1CCC[C@H](C(=O)NC2CC2)C1)c1ccc(Cl)s1.